The second-order valence-electron chi connectivity index (χ2n) is 5.84. The number of unbranched alkanes of at least 4 members (excludes halogenated alkanes) is 2. The van der Waals surface area contributed by atoms with Gasteiger partial charge in [-0.3, -0.25) is 4.79 Å². The van der Waals surface area contributed by atoms with E-state index in [1.54, 1.807) is 0 Å². The van der Waals surface area contributed by atoms with Gasteiger partial charge < -0.3 is 4.43 Å². The average molecular weight is 327 g/mol. The summed E-state index contributed by atoms with van der Waals surface area (Å²) in [4.78, 5) is 11.8. The second-order valence-corrected chi connectivity index (χ2v) is 7.11. The van der Waals surface area contributed by atoms with E-state index in [9.17, 15) is 4.79 Å². The number of carbonyl (C=O) groups is 1. The van der Waals surface area contributed by atoms with E-state index in [0.717, 1.165) is 25.3 Å². The summed E-state index contributed by atoms with van der Waals surface area (Å²) < 4.78 is 5.56. The van der Waals surface area contributed by atoms with Gasteiger partial charge in [0.15, 0.2) is 0 Å². The van der Waals surface area contributed by atoms with Gasteiger partial charge in [-0.25, -0.2) is 0 Å². The molecule has 2 aromatic carbocycles. The van der Waals surface area contributed by atoms with Crippen LogP contribution in [0.3, 0.4) is 0 Å². The molecular formula is C20H26O2Si. The molecule has 0 atom stereocenters. The molecule has 0 aliphatic carbocycles. The standard InChI is InChI=1S/C20H26O2Si/c1-2-3-6-15-20(21)22-23-16-19(17-11-7-4-8-12-17)18-13-9-5-10-14-18/h4-5,7-14,19H,2-3,6,15-16,23H2,1H3. The SMILES string of the molecule is CCCCCC(=O)O[SiH2]CC(c1ccccc1)c1ccccc1. The molecule has 0 radical (unpaired) electrons. The summed E-state index contributed by atoms with van der Waals surface area (Å²) in [5.41, 5.74) is 2.60. The van der Waals surface area contributed by atoms with Gasteiger partial charge in [-0.2, -0.15) is 0 Å². The van der Waals surface area contributed by atoms with Crippen molar-refractivity contribution < 1.29 is 9.22 Å². The molecule has 0 fully saturated rings. The van der Waals surface area contributed by atoms with E-state index < -0.39 is 9.76 Å². The number of carbonyl (C=O) groups excluding carboxylic acids is 1. The third kappa shape index (κ3) is 6.03. The first-order valence-electron chi connectivity index (χ1n) is 8.56. The van der Waals surface area contributed by atoms with Gasteiger partial charge in [-0.15, -0.1) is 0 Å². The molecule has 0 saturated heterocycles. The smallest absolute Gasteiger partial charge is 0.292 e. The Bertz CT molecular complexity index is 529. The van der Waals surface area contributed by atoms with Crippen molar-refractivity contribution in [3.8, 4) is 0 Å². The number of benzene rings is 2. The zero-order valence-corrected chi connectivity index (χ0v) is 15.3. The molecule has 0 heterocycles. The highest BCUT2D eigenvalue weighted by molar-refractivity contribution is 6.30. The molecule has 0 aliphatic rings. The maximum absolute atomic E-state index is 11.8. The van der Waals surface area contributed by atoms with Crippen LogP contribution in [0, 0.1) is 0 Å². The van der Waals surface area contributed by atoms with Gasteiger partial charge in [-0.1, -0.05) is 80.4 Å². The summed E-state index contributed by atoms with van der Waals surface area (Å²) in [6.45, 7) is 2.14. The van der Waals surface area contributed by atoms with Crippen molar-refractivity contribution in [1.29, 1.82) is 0 Å². The minimum Gasteiger partial charge on any atom is -0.525 e. The maximum Gasteiger partial charge on any atom is 0.292 e. The molecule has 0 amide bonds. The Morgan fingerprint density at radius 3 is 2.04 bits per heavy atom. The molecule has 0 spiro atoms. The Balaban J connectivity index is 1.93. The molecular weight excluding hydrogens is 300 g/mol. The summed E-state index contributed by atoms with van der Waals surface area (Å²) in [7, 11) is -0.855. The van der Waals surface area contributed by atoms with Crippen LogP contribution in [-0.2, 0) is 9.22 Å². The Labute approximate surface area is 141 Å². The van der Waals surface area contributed by atoms with Crippen LogP contribution in [0.15, 0.2) is 60.7 Å². The van der Waals surface area contributed by atoms with Crippen LogP contribution in [0.4, 0.5) is 0 Å². The van der Waals surface area contributed by atoms with E-state index in [1.165, 1.54) is 11.1 Å². The van der Waals surface area contributed by atoms with E-state index in [2.05, 4.69) is 55.5 Å². The van der Waals surface area contributed by atoms with E-state index in [1.807, 2.05) is 12.1 Å². The minimum absolute atomic E-state index is 0.00927. The molecule has 0 aliphatic heterocycles. The van der Waals surface area contributed by atoms with Gasteiger partial charge in [0.2, 0.25) is 9.76 Å². The van der Waals surface area contributed by atoms with Gasteiger partial charge in [0, 0.05) is 12.3 Å². The fraction of sp³-hybridized carbons (Fsp3) is 0.350. The monoisotopic (exact) mass is 326 g/mol. The fourth-order valence-electron chi connectivity index (χ4n) is 2.78. The molecule has 23 heavy (non-hydrogen) atoms. The van der Waals surface area contributed by atoms with Crippen molar-refractivity contribution in [1.82, 2.24) is 0 Å². The third-order valence-corrected chi connectivity index (χ3v) is 5.40. The topological polar surface area (TPSA) is 26.3 Å². The Hall–Kier alpha value is -1.87. The largest absolute Gasteiger partial charge is 0.525 e. The van der Waals surface area contributed by atoms with Crippen molar-refractivity contribution in [3.05, 3.63) is 71.8 Å². The van der Waals surface area contributed by atoms with Crippen LogP contribution in [0.5, 0.6) is 0 Å². The second kappa shape index (κ2) is 10.0. The molecule has 2 nitrogen and oxygen atoms in total. The van der Waals surface area contributed by atoms with Gasteiger partial charge in [-0.05, 0) is 23.6 Å². The van der Waals surface area contributed by atoms with Crippen molar-refractivity contribution >= 4 is 15.7 Å². The lowest BCUT2D eigenvalue weighted by Crippen LogP contribution is -2.12. The number of hydrogen-bond acceptors (Lipinski definition) is 2. The first kappa shape index (κ1) is 17.5. The summed E-state index contributed by atoms with van der Waals surface area (Å²) in [5, 5.41) is 0. The zero-order chi connectivity index (χ0) is 16.3. The molecule has 122 valence electrons. The van der Waals surface area contributed by atoms with Crippen LogP contribution in [-0.4, -0.2) is 15.7 Å². The molecule has 0 unspecified atom stereocenters. The molecule has 0 aromatic heterocycles. The molecule has 0 N–H and O–H groups in total. The van der Waals surface area contributed by atoms with E-state index >= 15 is 0 Å². The highest BCUT2D eigenvalue weighted by Crippen LogP contribution is 2.28. The maximum atomic E-state index is 11.8. The lowest BCUT2D eigenvalue weighted by atomic mass is 9.93. The Morgan fingerprint density at radius 1 is 0.957 bits per heavy atom. The minimum atomic E-state index is -0.855. The van der Waals surface area contributed by atoms with Gasteiger partial charge >= 0.3 is 0 Å². The van der Waals surface area contributed by atoms with E-state index in [-0.39, 0.29) is 5.97 Å². The van der Waals surface area contributed by atoms with Crippen LogP contribution < -0.4 is 0 Å². The number of hydrogen-bond donors (Lipinski definition) is 0. The van der Waals surface area contributed by atoms with Crippen molar-refractivity contribution in [2.24, 2.45) is 0 Å². The van der Waals surface area contributed by atoms with E-state index in [4.69, 9.17) is 4.43 Å². The van der Waals surface area contributed by atoms with Crippen LogP contribution >= 0.6 is 0 Å². The van der Waals surface area contributed by atoms with Crippen LogP contribution in [0.25, 0.3) is 0 Å². The van der Waals surface area contributed by atoms with Crippen LogP contribution in [0.1, 0.15) is 49.7 Å². The molecule has 0 saturated carbocycles. The van der Waals surface area contributed by atoms with E-state index in [0.29, 0.717) is 12.3 Å². The average Bonchev–Trinajstić information content (AvgIpc) is 2.60. The van der Waals surface area contributed by atoms with Crippen LogP contribution in [0.2, 0.25) is 6.04 Å². The first-order valence-corrected chi connectivity index (χ1v) is 10.1. The lowest BCUT2D eigenvalue weighted by Gasteiger charge is -2.18. The lowest BCUT2D eigenvalue weighted by molar-refractivity contribution is -0.134. The van der Waals surface area contributed by atoms with Crippen molar-refractivity contribution in [2.45, 2.75) is 44.6 Å². The highest BCUT2D eigenvalue weighted by atomic mass is 28.2. The predicted octanol–water partition coefficient (Wildman–Crippen LogP) is 4.44. The first-order chi connectivity index (χ1) is 11.3. The van der Waals surface area contributed by atoms with Crippen molar-refractivity contribution in [2.75, 3.05) is 0 Å². The molecule has 2 aromatic rings. The van der Waals surface area contributed by atoms with Gasteiger partial charge in [0.05, 0.1) is 0 Å². The summed E-state index contributed by atoms with van der Waals surface area (Å²) in [5.74, 6) is 0.317. The van der Waals surface area contributed by atoms with Gasteiger partial charge in [0.25, 0.3) is 5.97 Å². The Morgan fingerprint density at radius 2 is 1.52 bits per heavy atom. The normalized spacial score (nSPS) is 11.2. The highest BCUT2D eigenvalue weighted by Gasteiger charge is 2.15. The van der Waals surface area contributed by atoms with Gasteiger partial charge in [0.1, 0.15) is 0 Å². The summed E-state index contributed by atoms with van der Waals surface area (Å²) in [6, 6.07) is 22.0. The quantitative estimate of drug-likeness (QED) is 0.503. The summed E-state index contributed by atoms with van der Waals surface area (Å²) >= 11 is 0. The predicted molar refractivity (Wildman–Crippen MR) is 98.3 cm³/mol. The Kier molecular flexibility index (Phi) is 7.60. The third-order valence-electron chi connectivity index (χ3n) is 4.06. The van der Waals surface area contributed by atoms with Crippen molar-refractivity contribution in [3.63, 3.8) is 0 Å². The molecule has 2 rings (SSSR count). The molecule has 0 bridgehead atoms. The fourth-order valence-corrected chi connectivity index (χ4v) is 4.17. The molecule has 3 heteroatoms. The summed E-state index contributed by atoms with van der Waals surface area (Å²) in [6.07, 6.45) is 3.76. The number of rotatable bonds is 9. The zero-order valence-electron chi connectivity index (χ0n) is 13.9.